The highest BCUT2D eigenvalue weighted by Gasteiger charge is 2.18. The van der Waals surface area contributed by atoms with Crippen LogP contribution in [0.15, 0.2) is 36.5 Å². The number of esters is 1. The molecule has 70 heavy (non-hydrogen) atoms. The van der Waals surface area contributed by atoms with Crippen LogP contribution in [0.5, 0.6) is 0 Å². The van der Waals surface area contributed by atoms with Gasteiger partial charge in [-0.25, -0.2) is 0 Å². The van der Waals surface area contributed by atoms with E-state index in [1.165, 1.54) is 257 Å². The lowest BCUT2D eigenvalue weighted by Crippen LogP contribution is -2.45. The summed E-state index contributed by atoms with van der Waals surface area (Å²) in [5.41, 5.74) is 0. The highest BCUT2D eigenvalue weighted by Crippen LogP contribution is 2.17. The number of allylic oxidation sites excluding steroid dienone is 5. The topological polar surface area (TPSA) is 95.9 Å². The smallest absolute Gasteiger partial charge is 0.305 e. The number of nitrogens with one attached hydrogen (secondary N) is 1. The van der Waals surface area contributed by atoms with E-state index in [0.717, 1.165) is 51.4 Å². The van der Waals surface area contributed by atoms with Gasteiger partial charge in [-0.2, -0.15) is 0 Å². The van der Waals surface area contributed by atoms with Crippen molar-refractivity contribution < 1.29 is 24.5 Å². The molecule has 0 saturated heterocycles. The molecule has 3 N–H and O–H groups in total. The van der Waals surface area contributed by atoms with E-state index in [0.29, 0.717) is 19.4 Å². The summed E-state index contributed by atoms with van der Waals surface area (Å²) in [6, 6.07) is -0.635. The third-order valence-electron chi connectivity index (χ3n) is 14.4. The zero-order valence-electron chi connectivity index (χ0n) is 47.0. The Labute approximate surface area is 436 Å². The number of rotatable bonds is 58. The Kier molecular flexibility index (Phi) is 58.0. The Morgan fingerprint density at radius 1 is 0.386 bits per heavy atom. The van der Waals surface area contributed by atoms with E-state index in [1.54, 1.807) is 6.08 Å². The summed E-state index contributed by atoms with van der Waals surface area (Å²) >= 11 is 0. The van der Waals surface area contributed by atoms with Crippen molar-refractivity contribution >= 4 is 11.9 Å². The summed E-state index contributed by atoms with van der Waals surface area (Å²) in [5.74, 6) is -0.0781. The number of hydrogen-bond donors (Lipinski definition) is 3. The molecule has 0 bridgehead atoms. The van der Waals surface area contributed by atoms with Gasteiger partial charge >= 0.3 is 5.97 Å². The standard InChI is InChI=1S/C64H121NO5/c1-3-5-7-9-11-13-15-17-18-19-20-23-26-29-33-36-40-44-48-52-56-62(67)61(60-66)65-63(68)57-53-49-45-41-37-34-30-27-24-21-22-25-28-31-35-39-43-47-51-55-59-70-64(69)58-54-50-46-42-38-32-16-14-12-10-8-6-4-2/h14,16,21,24,52,56,61-62,66-67H,3-13,15,17-20,22-23,25-51,53-55,57-60H2,1-2H3,(H,65,68)/b16-14-,24-21-,56-52+. The Morgan fingerprint density at radius 2 is 0.671 bits per heavy atom. The molecule has 2 unspecified atom stereocenters. The van der Waals surface area contributed by atoms with Crippen LogP contribution in [0.2, 0.25) is 0 Å². The summed E-state index contributed by atoms with van der Waals surface area (Å²) in [4.78, 5) is 24.5. The fourth-order valence-electron chi connectivity index (χ4n) is 9.57. The molecule has 412 valence electrons. The lowest BCUT2D eigenvalue weighted by molar-refractivity contribution is -0.143. The summed E-state index contributed by atoms with van der Waals surface area (Å²) in [6.45, 7) is 4.89. The quantitative estimate of drug-likeness (QED) is 0.0321. The monoisotopic (exact) mass is 984 g/mol. The summed E-state index contributed by atoms with van der Waals surface area (Å²) < 4.78 is 5.47. The molecule has 2 atom stereocenters. The number of carbonyl (C=O) groups is 2. The maximum Gasteiger partial charge on any atom is 0.305 e. The Balaban J connectivity index is 3.47. The van der Waals surface area contributed by atoms with Crippen LogP contribution in [-0.2, 0) is 14.3 Å². The highest BCUT2D eigenvalue weighted by molar-refractivity contribution is 5.76. The Hall–Kier alpha value is -1.92. The van der Waals surface area contributed by atoms with Gasteiger partial charge in [0.25, 0.3) is 0 Å². The first-order chi connectivity index (χ1) is 34.5. The van der Waals surface area contributed by atoms with Gasteiger partial charge in [-0.1, -0.05) is 275 Å². The molecule has 0 heterocycles. The molecule has 0 radical (unpaired) electrons. The van der Waals surface area contributed by atoms with Crippen LogP contribution in [0.25, 0.3) is 0 Å². The zero-order chi connectivity index (χ0) is 50.7. The van der Waals surface area contributed by atoms with Gasteiger partial charge in [0.15, 0.2) is 0 Å². The zero-order valence-corrected chi connectivity index (χ0v) is 47.0. The fraction of sp³-hybridized carbons (Fsp3) is 0.875. The summed E-state index contributed by atoms with van der Waals surface area (Å²) in [7, 11) is 0. The van der Waals surface area contributed by atoms with Crippen LogP contribution in [0.4, 0.5) is 0 Å². The second-order valence-corrected chi connectivity index (χ2v) is 21.4. The van der Waals surface area contributed by atoms with Crippen molar-refractivity contribution in [2.75, 3.05) is 13.2 Å². The molecule has 0 saturated carbocycles. The van der Waals surface area contributed by atoms with Crippen molar-refractivity contribution in [2.24, 2.45) is 0 Å². The lowest BCUT2D eigenvalue weighted by Gasteiger charge is -2.20. The SMILES string of the molecule is CCCCCC/C=C\CCCCCCCC(=O)OCCCCCCCCCCC/C=C\CCCCCCCCCC(=O)NC(CO)C(O)/C=C/CCCCCCCCCCCCCCCCCCCC. The van der Waals surface area contributed by atoms with Crippen LogP contribution < -0.4 is 5.32 Å². The summed E-state index contributed by atoms with van der Waals surface area (Å²) in [5, 5.41) is 23.2. The number of aliphatic hydroxyl groups excluding tert-OH is 2. The molecular formula is C64H121NO5. The Bertz CT molecular complexity index is 1130. The average molecular weight is 985 g/mol. The van der Waals surface area contributed by atoms with Gasteiger partial charge in [0.1, 0.15) is 0 Å². The Morgan fingerprint density at radius 3 is 1.03 bits per heavy atom. The lowest BCUT2D eigenvalue weighted by atomic mass is 10.0. The maximum absolute atomic E-state index is 12.5. The second-order valence-electron chi connectivity index (χ2n) is 21.4. The van der Waals surface area contributed by atoms with E-state index in [1.807, 2.05) is 6.08 Å². The van der Waals surface area contributed by atoms with Crippen molar-refractivity contribution in [1.29, 1.82) is 0 Å². The van der Waals surface area contributed by atoms with Gasteiger partial charge in [0.2, 0.25) is 5.91 Å². The number of carbonyl (C=O) groups excluding carboxylic acids is 2. The van der Waals surface area contributed by atoms with Gasteiger partial charge in [-0.15, -0.1) is 0 Å². The van der Waals surface area contributed by atoms with Crippen LogP contribution in [0.1, 0.15) is 335 Å². The number of unbranched alkanes of at least 4 members (excludes halogenated alkanes) is 43. The minimum atomic E-state index is -0.851. The van der Waals surface area contributed by atoms with E-state index in [2.05, 4.69) is 43.5 Å². The fourth-order valence-corrected chi connectivity index (χ4v) is 9.57. The van der Waals surface area contributed by atoms with Crippen molar-refractivity contribution in [2.45, 2.75) is 347 Å². The molecule has 0 aromatic rings. The first kappa shape index (κ1) is 68.1. The largest absolute Gasteiger partial charge is 0.466 e. The molecule has 0 aromatic carbocycles. The number of amides is 1. The van der Waals surface area contributed by atoms with Crippen molar-refractivity contribution in [1.82, 2.24) is 5.32 Å². The van der Waals surface area contributed by atoms with Gasteiger partial charge in [-0.3, -0.25) is 9.59 Å². The molecule has 6 nitrogen and oxygen atoms in total. The van der Waals surface area contributed by atoms with Gasteiger partial charge in [0.05, 0.1) is 25.4 Å². The third-order valence-corrected chi connectivity index (χ3v) is 14.4. The van der Waals surface area contributed by atoms with E-state index in [-0.39, 0.29) is 18.5 Å². The summed E-state index contributed by atoms with van der Waals surface area (Å²) in [6.07, 6.45) is 74.6. The van der Waals surface area contributed by atoms with E-state index in [9.17, 15) is 19.8 Å². The molecule has 0 aromatic heterocycles. The van der Waals surface area contributed by atoms with E-state index >= 15 is 0 Å². The first-order valence-corrected chi connectivity index (χ1v) is 31.3. The maximum atomic E-state index is 12.5. The van der Waals surface area contributed by atoms with E-state index in [4.69, 9.17) is 4.74 Å². The molecule has 0 fully saturated rings. The molecule has 1 amide bonds. The van der Waals surface area contributed by atoms with Gasteiger partial charge in [0, 0.05) is 12.8 Å². The predicted octanol–water partition coefficient (Wildman–Crippen LogP) is 19.6. The number of hydrogen-bond acceptors (Lipinski definition) is 5. The minimum Gasteiger partial charge on any atom is -0.466 e. The van der Waals surface area contributed by atoms with E-state index < -0.39 is 12.1 Å². The van der Waals surface area contributed by atoms with Gasteiger partial charge < -0.3 is 20.3 Å². The molecule has 0 aliphatic carbocycles. The molecule has 0 aliphatic rings. The molecule has 0 spiro atoms. The van der Waals surface area contributed by atoms with Crippen molar-refractivity contribution in [3.63, 3.8) is 0 Å². The van der Waals surface area contributed by atoms with Crippen LogP contribution in [0.3, 0.4) is 0 Å². The molecule has 0 aliphatic heterocycles. The first-order valence-electron chi connectivity index (χ1n) is 31.3. The number of ether oxygens (including phenoxy) is 1. The van der Waals surface area contributed by atoms with Crippen molar-refractivity contribution in [3.8, 4) is 0 Å². The van der Waals surface area contributed by atoms with Gasteiger partial charge in [-0.05, 0) is 83.5 Å². The number of aliphatic hydroxyl groups is 2. The normalized spacial score (nSPS) is 12.8. The third kappa shape index (κ3) is 55.4. The van der Waals surface area contributed by atoms with Crippen molar-refractivity contribution in [3.05, 3.63) is 36.5 Å². The van der Waals surface area contributed by atoms with Crippen LogP contribution in [-0.4, -0.2) is 47.4 Å². The molecular weight excluding hydrogens is 863 g/mol. The molecule has 0 rings (SSSR count). The highest BCUT2D eigenvalue weighted by atomic mass is 16.5. The minimum absolute atomic E-state index is 0.00362. The molecule has 6 heteroatoms. The van der Waals surface area contributed by atoms with Crippen LogP contribution >= 0.6 is 0 Å². The average Bonchev–Trinajstić information content (AvgIpc) is 3.36. The predicted molar refractivity (Wildman–Crippen MR) is 306 cm³/mol. The van der Waals surface area contributed by atoms with Crippen LogP contribution in [0, 0.1) is 0 Å². The second kappa shape index (κ2) is 59.6.